The lowest BCUT2D eigenvalue weighted by molar-refractivity contribution is -0.131. The third-order valence-electron chi connectivity index (χ3n) is 5.08. The average molecular weight is 441 g/mol. The van der Waals surface area contributed by atoms with Crippen molar-refractivity contribution in [3.8, 4) is 17.2 Å². The van der Waals surface area contributed by atoms with Crippen molar-refractivity contribution in [2.24, 2.45) is 0 Å². The molecule has 2 amide bonds. The van der Waals surface area contributed by atoms with Gasteiger partial charge in [-0.15, -0.1) is 10.2 Å². The van der Waals surface area contributed by atoms with Crippen molar-refractivity contribution in [3.63, 3.8) is 0 Å². The first-order valence-corrected chi connectivity index (χ1v) is 10.3. The first kappa shape index (κ1) is 20.9. The van der Waals surface area contributed by atoms with E-state index in [9.17, 15) is 9.59 Å². The summed E-state index contributed by atoms with van der Waals surface area (Å²) in [6.07, 6.45) is 2.67. The Kier molecular flexibility index (Phi) is 6.47. The summed E-state index contributed by atoms with van der Waals surface area (Å²) >= 11 is 6.14. The number of ether oxygens (including phenoxy) is 1. The molecule has 0 saturated carbocycles. The molecule has 1 aliphatic rings. The molecule has 0 spiro atoms. The summed E-state index contributed by atoms with van der Waals surface area (Å²) in [6, 6.07) is 14.1. The second-order valence-corrected chi connectivity index (χ2v) is 7.54. The fourth-order valence-electron chi connectivity index (χ4n) is 3.38. The fourth-order valence-corrected chi connectivity index (χ4v) is 3.56. The van der Waals surface area contributed by atoms with Crippen LogP contribution < -0.4 is 10.1 Å². The zero-order valence-corrected chi connectivity index (χ0v) is 17.4. The van der Waals surface area contributed by atoms with Crippen LogP contribution in [0.25, 0.3) is 11.5 Å². The molecule has 0 unspecified atom stereocenters. The lowest BCUT2D eigenvalue weighted by Crippen LogP contribution is -2.46. The maximum absolute atomic E-state index is 12.5. The highest BCUT2D eigenvalue weighted by Gasteiger charge is 2.24. The number of nitrogens with one attached hydrogen (secondary N) is 1. The van der Waals surface area contributed by atoms with Gasteiger partial charge in [-0.2, -0.15) is 0 Å². The summed E-state index contributed by atoms with van der Waals surface area (Å²) in [6.45, 7) is 1.09. The number of carbonyl (C=O) groups is 2. The van der Waals surface area contributed by atoms with Crippen LogP contribution in [0.2, 0.25) is 5.02 Å². The quantitative estimate of drug-likeness (QED) is 0.632. The Morgan fingerprint density at radius 1 is 1.13 bits per heavy atom. The van der Waals surface area contributed by atoms with Gasteiger partial charge in [-0.1, -0.05) is 23.7 Å². The Morgan fingerprint density at radius 3 is 2.55 bits per heavy atom. The van der Waals surface area contributed by atoms with Crippen LogP contribution in [0.3, 0.4) is 0 Å². The Labute approximate surface area is 184 Å². The maximum Gasteiger partial charge on any atom is 0.251 e. The lowest BCUT2D eigenvalue weighted by atomic mass is 10.1. The van der Waals surface area contributed by atoms with E-state index < -0.39 is 0 Å². The number of nitrogens with zero attached hydrogens (tertiary/aromatic N) is 3. The summed E-state index contributed by atoms with van der Waals surface area (Å²) in [5.74, 6) is 0.602. The topological polar surface area (TPSA) is 97.6 Å². The second-order valence-electron chi connectivity index (χ2n) is 7.13. The standard InChI is InChI=1S/C22H21ClN4O4/c23-18-3-1-2-4-19(18)31-17-9-11-27(12-10-17)20(28)13-24-21(29)15-5-7-16(8-6-15)22-26-25-14-30-22/h1-8,14,17H,9-13H2,(H,24,29). The van der Waals surface area contributed by atoms with Gasteiger partial charge >= 0.3 is 0 Å². The first-order valence-electron chi connectivity index (χ1n) is 9.94. The van der Waals surface area contributed by atoms with E-state index >= 15 is 0 Å². The van der Waals surface area contributed by atoms with Crippen molar-refractivity contribution in [2.45, 2.75) is 18.9 Å². The molecule has 1 aromatic heterocycles. The number of carbonyl (C=O) groups excluding carboxylic acids is 2. The molecular formula is C22H21ClN4O4. The van der Waals surface area contributed by atoms with Crippen molar-refractivity contribution in [1.82, 2.24) is 20.4 Å². The van der Waals surface area contributed by atoms with E-state index in [1.807, 2.05) is 18.2 Å². The largest absolute Gasteiger partial charge is 0.489 e. The van der Waals surface area contributed by atoms with E-state index in [1.165, 1.54) is 6.39 Å². The number of halogens is 1. The van der Waals surface area contributed by atoms with Gasteiger partial charge in [0.15, 0.2) is 0 Å². The normalized spacial score (nSPS) is 14.3. The van der Waals surface area contributed by atoms with Crippen LogP contribution in [0, 0.1) is 0 Å². The third kappa shape index (κ3) is 5.21. The van der Waals surface area contributed by atoms with Gasteiger partial charge in [0, 0.05) is 37.1 Å². The number of aromatic nitrogens is 2. The SMILES string of the molecule is O=C(NCC(=O)N1CCC(Oc2ccccc2Cl)CC1)c1ccc(-c2nnco2)cc1. The van der Waals surface area contributed by atoms with Gasteiger partial charge in [0.2, 0.25) is 18.2 Å². The molecule has 9 heteroatoms. The van der Waals surface area contributed by atoms with Crippen LogP contribution >= 0.6 is 11.6 Å². The molecule has 2 aromatic carbocycles. The molecule has 0 aliphatic carbocycles. The van der Waals surface area contributed by atoms with Crippen molar-refractivity contribution in [2.75, 3.05) is 19.6 Å². The summed E-state index contributed by atoms with van der Waals surface area (Å²) < 4.78 is 11.1. The minimum Gasteiger partial charge on any atom is -0.489 e. The van der Waals surface area contributed by atoms with Gasteiger partial charge < -0.3 is 19.4 Å². The molecule has 2 heterocycles. The summed E-state index contributed by atoms with van der Waals surface area (Å²) in [5, 5.41) is 10.7. The van der Waals surface area contributed by atoms with Crippen LogP contribution in [0.15, 0.2) is 59.3 Å². The number of rotatable bonds is 6. The molecule has 1 aliphatic heterocycles. The number of amides is 2. The molecule has 0 atom stereocenters. The molecule has 4 rings (SSSR count). The van der Waals surface area contributed by atoms with Crippen LogP contribution in [-0.4, -0.2) is 52.6 Å². The molecular weight excluding hydrogens is 420 g/mol. The van der Waals surface area contributed by atoms with Gasteiger partial charge in [0.05, 0.1) is 11.6 Å². The van der Waals surface area contributed by atoms with E-state index in [0.29, 0.717) is 53.7 Å². The van der Waals surface area contributed by atoms with Gasteiger partial charge in [-0.3, -0.25) is 9.59 Å². The van der Waals surface area contributed by atoms with Crippen molar-refractivity contribution in [1.29, 1.82) is 0 Å². The molecule has 3 aromatic rings. The number of para-hydroxylation sites is 1. The summed E-state index contributed by atoms with van der Waals surface area (Å²) in [7, 11) is 0. The third-order valence-corrected chi connectivity index (χ3v) is 5.39. The van der Waals surface area contributed by atoms with Crippen molar-refractivity contribution >= 4 is 23.4 Å². The number of benzene rings is 2. The van der Waals surface area contributed by atoms with Crippen LogP contribution in [0.4, 0.5) is 0 Å². The zero-order valence-electron chi connectivity index (χ0n) is 16.7. The van der Waals surface area contributed by atoms with Crippen LogP contribution in [0.1, 0.15) is 23.2 Å². The van der Waals surface area contributed by atoms with E-state index in [0.717, 1.165) is 0 Å². The molecule has 160 valence electrons. The highest BCUT2D eigenvalue weighted by Crippen LogP contribution is 2.26. The highest BCUT2D eigenvalue weighted by atomic mass is 35.5. The van der Waals surface area contributed by atoms with Crippen molar-refractivity contribution in [3.05, 3.63) is 65.5 Å². The summed E-state index contributed by atoms with van der Waals surface area (Å²) in [4.78, 5) is 26.6. The lowest BCUT2D eigenvalue weighted by Gasteiger charge is -2.32. The van der Waals surface area contributed by atoms with Crippen LogP contribution in [0.5, 0.6) is 5.75 Å². The Balaban J connectivity index is 1.23. The maximum atomic E-state index is 12.5. The predicted molar refractivity (Wildman–Crippen MR) is 114 cm³/mol. The van der Waals surface area contributed by atoms with Gasteiger partial charge in [0.25, 0.3) is 5.91 Å². The van der Waals surface area contributed by atoms with Crippen molar-refractivity contribution < 1.29 is 18.7 Å². The number of likely N-dealkylation sites (tertiary alicyclic amines) is 1. The number of hydrogen-bond acceptors (Lipinski definition) is 6. The monoisotopic (exact) mass is 440 g/mol. The first-order chi connectivity index (χ1) is 15.1. The highest BCUT2D eigenvalue weighted by molar-refractivity contribution is 6.32. The molecule has 31 heavy (non-hydrogen) atoms. The van der Waals surface area contributed by atoms with Gasteiger partial charge in [-0.05, 0) is 36.4 Å². The summed E-state index contributed by atoms with van der Waals surface area (Å²) in [5.41, 5.74) is 1.16. The van der Waals surface area contributed by atoms with Crippen LogP contribution in [-0.2, 0) is 4.79 Å². The molecule has 0 bridgehead atoms. The fraction of sp³-hybridized carbons (Fsp3) is 0.273. The molecule has 8 nitrogen and oxygen atoms in total. The van der Waals surface area contributed by atoms with Gasteiger partial charge in [-0.25, -0.2) is 0 Å². The molecule has 1 saturated heterocycles. The van der Waals surface area contributed by atoms with E-state index in [-0.39, 0.29) is 24.5 Å². The Morgan fingerprint density at radius 2 is 1.87 bits per heavy atom. The average Bonchev–Trinajstić information content (AvgIpc) is 3.34. The Bertz CT molecular complexity index is 1030. The smallest absolute Gasteiger partial charge is 0.251 e. The predicted octanol–water partition coefficient (Wildman–Crippen LogP) is 3.19. The zero-order chi connectivity index (χ0) is 21.6. The minimum atomic E-state index is -0.317. The van der Waals surface area contributed by atoms with Gasteiger partial charge in [0.1, 0.15) is 11.9 Å². The number of hydrogen-bond donors (Lipinski definition) is 1. The molecule has 0 radical (unpaired) electrons. The minimum absolute atomic E-state index is 0.0101. The second kappa shape index (κ2) is 9.61. The molecule has 1 fully saturated rings. The molecule has 1 N–H and O–H groups in total. The van der Waals surface area contributed by atoms with E-state index in [1.54, 1.807) is 35.2 Å². The van der Waals surface area contributed by atoms with E-state index in [2.05, 4.69) is 15.5 Å². The Hall–Kier alpha value is -3.39. The van der Waals surface area contributed by atoms with E-state index in [4.69, 9.17) is 20.8 Å². The number of piperidine rings is 1.